The van der Waals surface area contributed by atoms with E-state index >= 15 is 0 Å². The van der Waals surface area contributed by atoms with Gasteiger partial charge in [-0.15, -0.1) is 0 Å². The predicted molar refractivity (Wildman–Crippen MR) is 96.8 cm³/mol. The molecule has 1 amide bonds. The van der Waals surface area contributed by atoms with E-state index in [9.17, 15) is 18.0 Å². The SMILES string of the molecule is COC(=O)CNS(=O)(=O)c1cccc(NC(=O)C2CCCCC2(C)N)c1. The Morgan fingerprint density at radius 1 is 1.35 bits per heavy atom. The smallest absolute Gasteiger partial charge is 0.320 e. The first-order chi connectivity index (χ1) is 12.2. The number of anilines is 1. The maximum Gasteiger partial charge on any atom is 0.320 e. The lowest BCUT2D eigenvalue weighted by Gasteiger charge is -2.37. The quantitative estimate of drug-likeness (QED) is 0.629. The van der Waals surface area contributed by atoms with E-state index in [1.807, 2.05) is 6.92 Å². The van der Waals surface area contributed by atoms with Crippen LogP contribution in [0.2, 0.25) is 0 Å². The second kappa shape index (κ2) is 8.15. The maximum atomic E-state index is 12.6. The molecule has 2 atom stereocenters. The van der Waals surface area contributed by atoms with Crippen LogP contribution in [-0.2, 0) is 24.3 Å². The summed E-state index contributed by atoms with van der Waals surface area (Å²) in [5.74, 6) is -1.24. The Balaban J connectivity index is 2.11. The van der Waals surface area contributed by atoms with Gasteiger partial charge in [-0.3, -0.25) is 9.59 Å². The van der Waals surface area contributed by atoms with Crippen LogP contribution in [0.25, 0.3) is 0 Å². The van der Waals surface area contributed by atoms with Gasteiger partial charge in [0.1, 0.15) is 6.54 Å². The first kappa shape index (κ1) is 20.3. The summed E-state index contributed by atoms with van der Waals surface area (Å²) in [6.07, 6.45) is 3.42. The lowest BCUT2D eigenvalue weighted by atomic mass is 9.74. The zero-order valence-corrected chi connectivity index (χ0v) is 15.8. The third-order valence-electron chi connectivity index (χ3n) is 4.62. The van der Waals surface area contributed by atoms with E-state index in [0.717, 1.165) is 19.3 Å². The van der Waals surface area contributed by atoms with Gasteiger partial charge in [-0.1, -0.05) is 18.9 Å². The van der Waals surface area contributed by atoms with Crippen LogP contribution in [-0.4, -0.2) is 39.5 Å². The number of rotatable bonds is 6. The topological polar surface area (TPSA) is 128 Å². The van der Waals surface area contributed by atoms with Crippen molar-refractivity contribution in [3.05, 3.63) is 24.3 Å². The van der Waals surface area contributed by atoms with E-state index in [0.29, 0.717) is 12.1 Å². The number of carbonyl (C=O) groups excluding carboxylic acids is 2. The largest absolute Gasteiger partial charge is 0.468 e. The van der Waals surface area contributed by atoms with E-state index in [1.165, 1.54) is 25.3 Å². The Hall–Kier alpha value is -1.97. The van der Waals surface area contributed by atoms with Crippen molar-refractivity contribution >= 4 is 27.6 Å². The number of carbonyl (C=O) groups is 2. The number of esters is 1. The van der Waals surface area contributed by atoms with Crippen molar-refractivity contribution in [2.75, 3.05) is 19.0 Å². The molecule has 2 unspecified atom stereocenters. The van der Waals surface area contributed by atoms with Crippen LogP contribution in [0.15, 0.2) is 29.2 Å². The normalized spacial score (nSPS) is 23.3. The summed E-state index contributed by atoms with van der Waals surface area (Å²) < 4.78 is 31.0. The van der Waals surface area contributed by atoms with Gasteiger partial charge in [0, 0.05) is 11.2 Å². The number of sulfonamides is 1. The van der Waals surface area contributed by atoms with E-state index in [4.69, 9.17) is 5.73 Å². The van der Waals surface area contributed by atoms with Gasteiger partial charge in [-0.25, -0.2) is 8.42 Å². The van der Waals surface area contributed by atoms with Gasteiger partial charge >= 0.3 is 5.97 Å². The summed E-state index contributed by atoms with van der Waals surface area (Å²) in [5, 5.41) is 2.75. The van der Waals surface area contributed by atoms with Crippen LogP contribution in [0.5, 0.6) is 0 Å². The average Bonchev–Trinajstić information content (AvgIpc) is 2.59. The minimum Gasteiger partial charge on any atom is -0.468 e. The fourth-order valence-electron chi connectivity index (χ4n) is 3.07. The average molecular weight is 383 g/mol. The van der Waals surface area contributed by atoms with Gasteiger partial charge in [-0.2, -0.15) is 4.72 Å². The van der Waals surface area contributed by atoms with Crippen molar-refractivity contribution in [1.82, 2.24) is 4.72 Å². The summed E-state index contributed by atoms with van der Waals surface area (Å²) in [7, 11) is -2.73. The van der Waals surface area contributed by atoms with Gasteiger partial charge in [0.15, 0.2) is 0 Å². The monoisotopic (exact) mass is 383 g/mol. The second-order valence-corrected chi connectivity index (χ2v) is 8.49. The molecule has 0 aromatic heterocycles. The van der Waals surface area contributed by atoms with Gasteiger partial charge in [0.2, 0.25) is 15.9 Å². The highest BCUT2D eigenvalue weighted by molar-refractivity contribution is 7.89. The van der Waals surface area contributed by atoms with Gasteiger partial charge in [0.05, 0.1) is 17.9 Å². The summed E-state index contributed by atoms with van der Waals surface area (Å²) in [4.78, 5) is 23.6. The Bertz CT molecular complexity index is 776. The molecule has 144 valence electrons. The zero-order chi connectivity index (χ0) is 19.4. The lowest BCUT2D eigenvalue weighted by molar-refractivity contribution is -0.139. The van der Waals surface area contributed by atoms with Crippen LogP contribution in [0.4, 0.5) is 5.69 Å². The van der Waals surface area contributed by atoms with Crippen molar-refractivity contribution in [3.8, 4) is 0 Å². The van der Waals surface area contributed by atoms with Crippen molar-refractivity contribution in [2.45, 2.75) is 43.0 Å². The van der Waals surface area contributed by atoms with Crippen LogP contribution < -0.4 is 15.8 Å². The molecule has 0 bridgehead atoms. The molecule has 4 N–H and O–H groups in total. The fraction of sp³-hybridized carbons (Fsp3) is 0.529. The van der Waals surface area contributed by atoms with Crippen molar-refractivity contribution in [2.24, 2.45) is 11.7 Å². The Morgan fingerprint density at radius 3 is 2.73 bits per heavy atom. The number of nitrogens with two attached hydrogens (primary N) is 1. The number of methoxy groups -OCH3 is 1. The molecule has 9 heteroatoms. The van der Waals surface area contributed by atoms with Gasteiger partial charge < -0.3 is 15.8 Å². The van der Waals surface area contributed by atoms with E-state index < -0.39 is 28.1 Å². The molecule has 26 heavy (non-hydrogen) atoms. The second-order valence-electron chi connectivity index (χ2n) is 6.72. The Kier molecular flexibility index (Phi) is 6.38. The summed E-state index contributed by atoms with van der Waals surface area (Å²) >= 11 is 0. The number of hydrogen-bond donors (Lipinski definition) is 3. The molecule has 0 radical (unpaired) electrons. The van der Waals surface area contributed by atoms with E-state index in [2.05, 4.69) is 14.8 Å². The minimum atomic E-state index is -3.90. The molecule has 1 aliphatic carbocycles. The van der Waals surface area contributed by atoms with Crippen molar-refractivity contribution in [3.63, 3.8) is 0 Å². The number of amides is 1. The highest BCUT2D eigenvalue weighted by atomic mass is 32.2. The highest BCUT2D eigenvalue weighted by Crippen LogP contribution is 2.32. The molecule has 1 aromatic rings. The maximum absolute atomic E-state index is 12.6. The summed E-state index contributed by atoms with van der Waals surface area (Å²) in [5.41, 5.74) is 6.03. The Morgan fingerprint density at radius 2 is 2.08 bits per heavy atom. The predicted octanol–water partition coefficient (Wildman–Crippen LogP) is 0.984. The van der Waals surface area contributed by atoms with Gasteiger partial charge in [0.25, 0.3) is 0 Å². The molecule has 1 aliphatic rings. The van der Waals surface area contributed by atoms with Crippen molar-refractivity contribution in [1.29, 1.82) is 0 Å². The number of hydrogen-bond acceptors (Lipinski definition) is 6. The summed E-state index contributed by atoms with van der Waals surface area (Å²) in [6.45, 7) is 1.40. The number of benzene rings is 1. The zero-order valence-electron chi connectivity index (χ0n) is 14.9. The van der Waals surface area contributed by atoms with Crippen LogP contribution in [0, 0.1) is 5.92 Å². The molecule has 0 spiro atoms. The number of nitrogens with one attached hydrogen (secondary N) is 2. The number of ether oxygens (including phenoxy) is 1. The van der Waals surface area contributed by atoms with Crippen LogP contribution in [0.3, 0.4) is 0 Å². The Labute approximate surface area is 153 Å². The molecule has 0 heterocycles. The molecule has 1 saturated carbocycles. The molecule has 2 rings (SSSR count). The molecule has 1 fully saturated rings. The minimum absolute atomic E-state index is 0.0571. The highest BCUT2D eigenvalue weighted by Gasteiger charge is 2.37. The third-order valence-corrected chi connectivity index (χ3v) is 6.02. The lowest BCUT2D eigenvalue weighted by Crippen LogP contribution is -2.51. The molecule has 8 nitrogen and oxygen atoms in total. The molecular formula is C17H25N3O5S. The molecular weight excluding hydrogens is 358 g/mol. The van der Waals surface area contributed by atoms with E-state index in [1.54, 1.807) is 6.07 Å². The fourth-order valence-corrected chi connectivity index (χ4v) is 4.08. The van der Waals surface area contributed by atoms with E-state index in [-0.39, 0.29) is 16.7 Å². The molecule has 1 aromatic carbocycles. The molecule has 0 saturated heterocycles. The third kappa shape index (κ3) is 5.03. The van der Waals surface area contributed by atoms with Gasteiger partial charge in [-0.05, 0) is 38.0 Å². The first-order valence-electron chi connectivity index (χ1n) is 8.42. The van der Waals surface area contributed by atoms with Crippen LogP contribution in [0.1, 0.15) is 32.6 Å². The first-order valence-corrected chi connectivity index (χ1v) is 9.90. The van der Waals surface area contributed by atoms with Crippen molar-refractivity contribution < 1.29 is 22.7 Å². The summed E-state index contributed by atoms with van der Waals surface area (Å²) in [6, 6.07) is 5.84. The molecule has 0 aliphatic heterocycles. The van der Waals surface area contributed by atoms with Crippen LogP contribution >= 0.6 is 0 Å². The standard InChI is InChI=1S/C17H25N3O5S/c1-17(18)9-4-3-8-14(17)16(22)20-12-6-5-7-13(10-12)26(23,24)19-11-15(21)25-2/h5-7,10,14,19H,3-4,8-9,11,18H2,1-2H3,(H,20,22).